The topological polar surface area (TPSA) is 153 Å². The number of aliphatic hydroxyl groups excluding tert-OH is 2. The van der Waals surface area contributed by atoms with Crippen molar-refractivity contribution in [3.05, 3.63) is 36.0 Å². The van der Waals surface area contributed by atoms with E-state index in [2.05, 4.69) is 18.7 Å². The molecule has 2 saturated heterocycles. The van der Waals surface area contributed by atoms with Crippen molar-refractivity contribution in [3.63, 3.8) is 0 Å². The zero-order valence-electron chi connectivity index (χ0n) is 30.4. The fourth-order valence-corrected chi connectivity index (χ4v) is 6.62. The van der Waals surface area contributed by atoms with Crippen LogP contribution in [0.25, 0.3) is 0 Å². The standard InChI is InChI=1S/C37H62N2O9/c1-9-29(41)27(6)34-30(46-34)23-36(7,44)16-10-12-25(4)33-26(5)13-14-31(37(8,45)17-15-28(40)22-32(42)48-33)47-35(43)39-19-11-18-38(20-21-39)24(2)3/h10,12-14,16,24,26-31,33-34,40-41,44-45H,9,11,15,17-23H2,1-8H3. The molecule has 48 heavy (non-hydrogen) atoms. The lowest BCUT2D eigenvalue weighted by Crippen LogP contribution is -2.46. The fourth-order valence-electron chi connectivity index (χ4n) is 6.62. The Labute approximate surface area is 287 Å². The van der Waals surface area contributed by atoms with Crippen molar-refractivity contribution in [1.82, 2.24) is 9.80 Å². The molecule has 4 N–H and O–H groups in total. The largest absolute Gasteiger partial charge is 0.457 e. The lowest BCUT2D eigenvalue weighted by molar-refractivity contribution is -0.151. The molecule has 0 aromatic heterocycles. The van der Waals surface area contributed by atoms with Crippen LogP contribution in [0.5, 0.6) is 0 Å². The molecule has 3 aliphatic heterocycles. The highest BCUT2D eigenvalue weighted by molar-refractivity contribution is 5.70. The molecule has 274 valence electrons. The minimum absolute atomic E-state index is 0.0115. The van der Waals surface area contributed by atoms with Crippen LogP contribution in [-0.2, 0) is 19.0 Å². The van der Waals surface area contributed by atoms with E-state index >= 15 is 0 Å². The summed E-state index contributed by atoms with van der Waals surface area (Å²) in [6, 6.07) is 0.382. The summed E-state index contributed by atoms with van der Waals surface area (Å²) in [7, 11) is 0. The number of hydrogen-bond acceptors (Lipinski definition) is 10. The van der Waals surface area contributed by atoms with Crippen LogP contribution >= 0.6 is 0 Å². The first-order valence-corrected chi connectivity index (χ1v) is 17.8. The summed E-state index contributed by atoms with van der Waals surface area (Å²) in [5.41, 5.74) is -1.94. The predicted octanol–water partition coefficient (Wildman–Crippen LogP) is 4.13. The van der Waals surface area contributed by atoms with Gasteiger partial charge in [-0.1, -0.05) is 45.1 Å². The molecule has 10 atom stereocenters. The quantitative estimate of drug-likeness (QED) is 0.115. The first-order valence-electron chi connectivity index (χ1n) is 17.8. The van der Waals surface area contributed by atoms with E-state index in [0.717, 1.165) is 19.5 Å². The van der Waals surface area contributed by atoms with Crippen molar-refractivity contribution in [2.45, 2.75) is 148 Å². The van der Waals surface area contributed by atoms with Crippen molar-refractivity contribution in [1.29, 1.82) is 0 Å². The van der Waals surface area contributed by atoms with Crippen LogP contribution < -0.4 is 0 Å². The molecule has 0 saturated carbocycles. The van der Waals surface area contributed by atoms with E-state index in [1.165, 1.54) is 0 Å². The summed E-state index contributed by atoms with van der Waals surface area (Å²) in [5, 5.41) is 43.3. The lowest BCUT2D eigenvalue weighted by Gasteiger charge is -2.34. The van der Waals surface area contributed by atoms with Gasteiger partial charge in [-0.05, 0) is 72.0 Å². The Kier molecular flexibility index (Phi) is 14.7. The van der Waals surface area contributed by atoms with E-state index < -0.39 is 47.7 Å². The second-order valence-corrected chi connectivity index (χ2v) is 15.0. The first-order chi connectivity index (χ1) is 22.4. The average Bonchev–Trinajstić information content (AvgIpc) is 3.81. The predicted molar refractivity (Wildman–Crippen MR) is 184 cm³/mol. The maximum atomic E-state index is 13.3. The van der Waals surface area contributed by atoms with Crippen molar-refractivity contribution >= 4 is 12.1 Å². The Morgan fingerprint density at radius 3 is 2.58 bits per heavy atom. The molecule has 3 rings (SSSR count). The monoisotopic (exact) mass is 678 g/mol. The van der Waals surface area contributed by atoms with Gasteiger partial charge < -0.3 is 39.5 Å². The number of allylic oxidation sites excluding steroid dienone is 2. The van der Waals surface area contributed by atoms with Crippen molar-refractivity contribution in [2.24, 2.45) is 11.8 Å². The lowest BCUT2D eigenvalue weighted by atomic mass is 9.88. The van der Waals surface area contributed by atoms with Crippen LogP contribution in [-0.4, -0.2) is 122 Å². The van der Waals surface area contributed by atoms with E-state index in [-0.39, 0.29) is 43.3 Å². The summed E-state index contributed by atoms with van der Waals surface area (Å²) in [4.78, 5) is 30.2. The number of nitrogens with zero attached hydrogens (tertiary/aromatic N) is 2. The number of amides is 1. The van der Waals surface area contributed by atoms with Gasteiger partial charge in [0.1, 0.15) is 11.7 Å². The average molecular weight is 679 g/mol. The van der Waals surface area contributed by atoms with Gasteiger partial charge in [-0.25, -0.2) is 4.79 Å². The van der Waals surface area contributed by atoms with Gasteiger partial charge >= 0.3 is 12.1 Å². The van der Waals surface area contributed by atoms with Crippen LogP contribution in [0.1, 0.15) is 93.9 Å². The molecule has 0 aliphatic carbocycles. The Bertz CT molecular complexity index is 1150. The highest BCUT2D eigenvalue weighted by Crippen LogP contribution is 2.37. The van der Waals surface area contributed by atoms with Gasteiger partial charge in [-0.2, -0.15) is 0 Å². The second-order valence-electron chi connectivity index (χ2n) is 15.0. The number of carbonyl (C=O) groups excluding carboxylic acids is 2. The summed E-state index contributed by atoms with van der Waals surface area (Å²) in [5.74, 6) is -0.947. The molecule has 3 heterocycles. The molecular formula is C37H62N2O9. The number of carbonyl (C=O) groups is 2. The van der Waals surface area contributed by atoms with Gasteiger partial charge in [0, 0.05) is 50.5 Å². The summed E-state index contributed by atoms with van der Waals surface area (Å²) < 4.78 is 17.6. The molecule has 0 spiro atoms. The van der Waals surface area contributed by atoms with E-state index in [1.807, 2.05) is 27.7 Å². The van der Waals surface area contributed by atoms with Crippen molar-refractivity contribution in [3.8, 4) is 0 Å². The number of rotatable bonds is 10. The van der Waals surface area contributed by atoms with Gasteiger partial charge in [-0.15, -0.1) is 0 Å². The van der Waals surface area contributed by atoms with E-state index in [1.54, 1.807) is 49.1 Å². The zero-order valence-corrected chi connectivity index (χ0v) is 30.4. The molecule has 2 fully saturated rings. The molecule has 0 aromatic rings. The fraction of sp³-hybridized carbons (Fsp3) is 0.784. The smallest absolute Gasteiger partial charge is 0.410 e. The maximum Gasteiger partial charge on any atom is 0.410 e. The number of esters is 1. The number of hydrogen-bond donors (Lipinski definition) is 4. The Morgan fingerprint density at radius 1 is 1.21 bits per heavy atom. The molecule has 10 unspecified atom stereocenters. The van der Waals surface area contributed by atoms with Gasteiger partial charge in [0.2, 0.25) is 0 Å². The molecule has 11 nitrogen and oxygen atoms in total. The maximum absolute atomic E-state index is 13.3. The second kappa shape index (κ2) is 17.6. The van der Waals surface area contributed by atoms with Gasteiger partial charge in [0.05, 0.1) is 36.4 Å². The Morgan fingerprint density at radius 2 is 1.92 bits per heavy atom. The summed E-state index contributed by atoms with van der Waals surface area (Å²) in [6.07, 6.45) is 6.57. The van der Waals surface area contributed by atoms with Gasteiger partial charge in [-0.3, -0.25) is 9.69 Å². The molecule has 0 radical (unpaired) electrons. The highest BCUT2D eigenvalue weighted by Gasteiger charge is 2.47. The van der Waals surface area contributed by atoms with Gasteiger partial charge in [0.15, 0.2) is 6.10 Å². The number of ether oxygens (including phenoxy) is 3. The third kappa shape index (κ3) is 11.9. The summed E-state index contributed by atoms with van der Waals surface area (Å²) in [6.45, 7) is 17.9. The van der Waals surface area contributed by atoms with Gasteiger partial charge in [0.25, 0.3) is 0 Å². The normalized spacial score (nSPS) is 34.1. The number of epoxide rings is 1. The Hall–Kier alpha value is -2.28. The van der Waals surface area contributed by atoms with E-state index in [0.29, 0.717) is 37.5 Å². The SMILES string of the molecule is CCC(O)C(C)C1OC1CC(C)(O)C=CC=C(C)C1OC(=O)CC(O)CCC(C)(O)C(OC(=O)N2CCCN(C(C)C)CC2)C=CC1C. The molecule has 0 aromatic carbocycles. The molecule has 0 bridgehead atoms. The Balaban J connectivity index is 1.75. The minimum atomic E-state index is -1.49. The van der Waals surface area contributed by atoms with Crippen LogP contribution in [0.2, 0.25) is 0 Å². The number of aliphatic hydroxyl groups is 4. The van der Waals surface area contributed by atoms with Crippen LogP contribution in [0.4, 0.5) is 4.79 Å². The first kappa shape index (κ1) is 40.2. The van der Waals surface area contributed by atoms with E-state index in [9.17, 15) is 30.0 Å². The third-order valence-corrected chi connectivity index (χ3v) is 10.1. The van der Waals surface area contributed by atoms with Crippen LogP contribution in [0, 0.1) is 11.8 Å². The number of cyclic esters (lactones) is 1. The minimum Gasteiger partial charge on any atom is -0.457 e. The zero-order chi connectivity index (χ0) is 35.8. The third-order valence-electron chi connectivity index (χ3n) is 10.1. The highest BCUT2D eigenvalue weighted by atomic mass is 16.6. The van der Waals surface area contributed by atoms with Crippen LogP contribution in [0.3, 0.4) is 0 Å². The van der Waals surface area contributed by atoms with Crippen molar-refractivity contribution < 1.29 is 44.2 Å². The van der Waals surface area contributed by atoms with Crippen LogP contribution in [0.15, 0.2) is 36.0 Å². The molecule has 3 aliphatic rings. The molecule has 11 heteroatoms. The van der Waals surface area contributed by atoms with Crippen molar-refractivity contribution in [2.75, 3.05) is 26.2 Å². The summed E-state index contributed by atoms with van der Waals surface area (Å²) >= 11 is 0. The van der Waals surface area contributed by atoms with E-state index in [4.69, 9.17) is 14.2 Å². The molecule has 1 amide bonds. The molecular weight excluding hydrogens is 616 g/mol.